The Bertz CT molecular complexity index is 462. The molecule has 1 aromatic rings. The lowest BCUT2D eigenvalue weighted by molar-refractivity contribution is 0.0654. The molecule has 1 amide bonds. The van der Waals surface area contributed by atoms with Crippen LogP contribution in [0, 0.1) is 5.92 Å². The van der Waals surface area contributed by atoms with Crippen molar-refractivity contribution in [2.45, 2.75) is 46.1 Å². The molecular formula is C15H27N5O. The maximum atomic E-state index is 12.3. The van der Waals surface area contributed by atoms with Gasteiger partial charge in [0, 0.05) is 32.1 Å². The van der Waals surface area contributed by atoms with Crippen LogP contribution in [0.1, 0.15) is 50.1 Å². The molecule has 1 aliphatic heterocycles. The first kappa shape index (κ1) is 15.9. The molecule has 6 nitrogen and oxygen atoms in total. The molecule has 1 aromatic heterocycles. The van der Waals surface area contributed by atoms with E-state index in [1.165, 1.54) is 0 Å². The van der Waals surface area contributed by atoms with Crippen LogP contribution in [-0.2, 0) is 6.42 Å². The summed E-state index contributed by atoms with van der Waals surface area (Å²) in [5.74, 6) is 1.72. The Morgan fingerprint density at radius 1 is 1.43 bits per heavy atom. The zero-order valence-corrected chi connectivity index (χ0v) is 13.6. The van der Waals surface area contributed by atoms with Gasteiger partial charge in [-0.3, -0.25) is 9.89 Å². The number of aryl methyl sites for hydroxylation is 1. The van der Waals surface area contributed by atoms with E-state index in [9.17, 15) is 4.79 Å². The molecule has 0 bridgehead atoms. The first-order chi connectivity index (χ1) is 10.0. The number of hydrogen-bond acceptors (Lipinski definition) is 4. The Morgan fingerprint density at radius 3 is 2.62 bits per heavy atom. The van der Waals surface area contributed by atoms with E-state index in [4.69, 9.17) is 0 Å². The molecule has 2 rings (SSSR count). The topological polar surface area (TPSA) is 65.1 Å². The van der Waals surface area contributed by atoms with E-state index in [0.29, 0.717) is 17.8 Å². The molecule has 0 radical (unpaired) electrons. The fourth-order valence-electron chi connectivity index (χ4n) is 2.63. The maximum absolute atomic E-state index is 12.3. The Morgan fingerprint density at radius 2 is 2.10 bits per heavy atom. The van der Waals surface area contributed by atoms with E-state index in [2.05, 4.69) is 41.0 Å². The normalized spacial score (nSPS) is 17.0. The van der Waals surface area contributed by atoms with Crippen LogP contribution in [0.5, 0.6) is 0 Å². The highest BCUT2D eigenvalue weighted by Crippen LogP contribution is 2.19. The number of aromatic amines is 1. The van der Waals surface area contributed by atoms with E-state index in [-0.39, 0.29) is 5.91 Å². The molecule has 6 heteroatoms. The molecule has 0 spiro atoms. The fourth-order valence-corrected chi connectivity index (χ4v) is 2.63. The second-order valence-corrected chi connectivity index (χ2v) is 6.23. The van der Waals surface area contributed by atoms with Crippen LogP contribution in [-0.4, -0.2) is 63.6 Å². The summed E-state index contributed by atoms with van der Waals surface area (Å²) in [7, 11) is 2.17. The number of nitrogens with one attached hydrogen (secondary N) is 1. The van der Waals surface area contributed by atoms with Crippen molar-refractivity contribution in [2.24, 2.45) is 5.92 Å². The summed E-state index contributed by atoms with van der Waals surface area (Å²) >= 11 is 0. The Kier molecular flexibility index (Phi) is 5.33. The van der Waals surface area contributed by atoms with Gasteiger partial charge in [-0.15, -0.1) is 5.10 Å². The van der Waals surface area contributed by atoms with Crippen molar-refractivity contribution in [3.63, 3.8) is 0 Å². The second kappa shape index (κ2) is 7.02. The van der Waals surface area contributed by atoms with E-state index >= 15 is 0 Å². The first-order valence-corrected chi connectivity index (χ1v) is 7.92. The summed E-state index contributed by atoms with van der Waals surface area (Å²) < 4.78 is 0. The molecule has 21 heavy (non-hydrogen) atoms. The lowest BCUT2D eigenvalue weighted by atomic mass is 9.96. The summed E-state index contributed by atoms with van der Waals surface area (Å²) in [6.45, 7) is 9.16. The van der Waals surface area contributed by atoms with E-state index in [0.717, 1.165) is 44.7 Å². The lowest BCUT2D eigenvalue weighted by Crippen LogP contribution is -2.42. The molecule has 1 aliphatic rings. The molecule has 0 unspecified atom stereocenters. The van der Waals surface area contributed by atoms with Gasteiger partial charge < -0.3 is 9.80 Å². The predicted molar refractivity (Wildman–Crippen MR) is 82.2 cm³/mol. The maximum Gasteiger partial charge on any atom is 0.293 e. The van der Waals surface area contributed by atoms with Crippen LogP contribution < -0.4 is 0 Å². The van der Waals surface area contributed by atoms with Gasteiger partial charge in [-0.1, -0.05) is 6.92 Å². The van der Waals surface area contributed by atoms with E-state index < -0.39 is 0 Å². The minimum atomic E-state index is -0.0402. The molecule has 118 valence electrons. The number of piperidine rings is 1. The molecule has 0 saturated carbocycles. The summed E-state index contributed by atoms with van der Waals surface area (Å²) in [5.41, 5.74) is 0. The van der Waals surface area contributed by atoms with Gasteiger partial charge in [-0.2, -0.15) is 0 Å². The van der Waals surface area contributed by atoms with Crippen LogP contribution in [0.25, 0.3) is 0 Å². The quantitative estimate of drug-likeness (QED) is 0.895. The number of rotatable bonds is 5. The van der Waals surface area contributed by atoms with Crippen LogP contribution in [0.2, 0.25) is 0 Å². The molecule has 1 N–H and O–H groups in total. The zero-order chi connectivity index (χ0) is 15.4. The number of H-pyrrole nitrogens is 1. The molecular weight excluding hydrogens is 266 g/mol. The van der Waals surface area contributed by atoms with Crippen LogP contribution in [0.15, 0.2) is 0 Å². The molecule has 2 heterocycles. The lowest BCUT2D eigenvalue weighted by Gasteiger charge is -2.34. The largest absolute Gasteiger partial charge is 0.336 e. The monoisotopic (exact) mass is 293 g/mol. The highest BCUT2D eigenvalue weighted by Gasteiger charge is 2.26. The van der Waals surface area contributed by atoms with Gasteiger partial charge in [-0.25, -0.2) is 4.98 Å². The SMILES string of the molecule is CCc1nc(C(=O)N2CCC(CN(C)C(C)C)CC2)n[nH]1. The number of likely N-dealkylation sites (tertiary alicyclic amines) is 1. The van der Waals surface area contributed by atoms with Gasteiger partial charge >= 0.3 is 0 Å². The number of aromatic nitrogens is 3. The molecule has 1 fully saturated rings. The van der Waals surface area contributed by atoms with Gasteiger partial charge in [0.2, 0.25) is 5.82 Å². The Labute approximate surface area is 126 Å². The van der Waals surface area contributed by atoms with Gasteiger partial charge in [-0.05, 0) is 39.7 Å². The van der Waals surface area contributed by atoms with Gasteiger partial charge in [0.25, 0.3) is 5.91 Å². The molecule has 0 atom stereocenters. The molecule has 1 saturated heterocycles. The Hall–Kier alpha value is -1.43. The smallest absolute Gasteiger partial charge is 0.293 e. The predicted octanol–water partition coefficient (Wildman–Crippen LogP) is 1.56. The van der Waals surface area contributed by atoms with Crippen molar-refractivity contribution in [1.82, 2.24) is 25.0 Å². The zero-order valence-electron chi connectivity index (χ0n) is 13.6. The molecule has 0 aliphatic carbocycles. The van der Waals surface area contributed by atoms with Gasteiger partial charge in [0.05, 0.1) is 0 Å². The number of carbonyl (C=O) groups is 1. The Balaban J connectivity index is 1.84. The average molecular weight is 293 g/mol. The summed E-state index contributed by atoms with van der Waals surface area (Å²) in [4.78, 5) is 20.8. The second-order valence-electron chi connectivity index (χ2n) is 6.23. The van der Waals surface area contributed by atoms with Crippen molar-refractivity contribution in [2.75, 3.05) is 26.7 Å². The standard InChI is InChI=1S/C15H27N5O/c1-5-13-16-14(18-17-13)15(21)20-8-6-12(7-9-20)10-19(4)11(2)3/h11-12H,5-10H2,1-4H3,(H,16,17,18). The third kappa shape index (κ3) is 4.03. The van der Waals surface area contributed by atoms with E-state index in [1.54, 1.807) is 0 Å². The van der Waals surface area contributed by atoms with Crippen molar-refractivity contribution in [1.29, 1.82) is 0 Å². The third-order valence-corrected chi connectivity index (χ3v) is 4.39. The van der Waals surface area contributed by atoms with Crippen LogP contribution in [0.4, 0.5) is 0 Å². The summed E-state index contributed by atoms with van der Waals surface area (Å²) in [6, 6.07) is 0.574. The number of hydrogen-bond donors (Lipinski definition) is 1. The van der Waals surface area contributed by atoms with Crippen molar-refractivity contribution in [3.8, 4) is 0 Å². The van der Waals surface area contributed by atoms with Gasteiger partial charge in [0.15, 0.2) is 0 Å². The highest BCUT2D eigenvalue weighted by molar-refractivity contribution is 5.90. The van der Waals surface area contributed by atoms with E-state index in [1.807, 2.05) is 11.8 Å². The minimum absolute atomic E-state index is 0.0402. The minimum Gasteiger partial charge on any atom is -0.336 e. The van der Waals surface area contributed by atoms with Crippen molar-refractivity contribution >= 4 is 5.91 Å². The summed E-state index contributed by atoms with van der Waals surface area (Å²) in [6.07, 6.45) is 2.89. The fraction of sp³-hybridized carbons (Fsp3) is 0.800. The van der Waals surface area contributed by atoms with Crippen molar-refractivity contribution in [3.05, 3.63) is 11.6 Å². The number of carbonyl (C=O) groups excluding carboxylic acids is 1. The third-order valence-electron chi connectivity index (χ3n) is 4.39. The van der Waals surface area contributed by atoms with Gasteiger partial charge in [0.1, 0.15) is 5.82 Å². The average Bonchev–Trinajstić information content (AvgIpc) is 2.96. The van der Waals surface area contributed by atoms with Crippen LogP contribution in [0.3, 0.4) is 0 Å². The first-order valence-electron chi connectivity index (χ1n) is 7.92. The summed E-state index contributed by atoms with van der Waals surface area (Å²) in [5, 5.41) is 6.82. The number of nitrogens with zero attached hydrogens (tertiary/aromatic N) is 4. The number of amides is 1. The van der Waals surface area contributed by atoms with Crippen LogP contribution >= 0.6 is 0 Å². The van der Waals surface area contributed by atoms with Crippen molar-refractivity contribution < 1.29 is 4.79 Å². The molecule has 0 aromatic carbocycles. The highest BCUT2D eigenvalue weighted by atomic mass is 16.2.